The predicted molar refractivity (Wildman–Crippen MR) is 136 cm³/mol. The van der Waals surface area contributed by atoms with Gasteiger partial charge >= 0.3 is 0 Å². The second kappa shape index (κ2) is 9.40. The van der Waals surface area contributed by atoms with E-state index in [1.807, 2.05) is 54.0 Å². The van der Waals surface area contributed by atoms with E-state index in [0.29, 0.717) is 42.8 Å². The number of furan rings is 1. The molecule has 1 fully saturated rings. The largest absolute Gasteiger partial charge is 0.463 e. The van der Waals surface area contributed by atoms with Crippen molar-refractivity contribution in [3.05, 3.63) is 72.1 Å². The number of benzene rings is 1. The Morgan fingerprint density at radius 1 is 1.06 bits per heavy atom. The molecule has 0 radical (unpaired) electrons. The monoisotopic (exact) mass is 473 g/mol. The molecule has 1 aliphatic heterocycles. The minimum atomic E-state index is -1.01. The summed E-state index contributed by atoms with van der Waals surface area (Å²) in [4.78, 5) is 29.6. The Balaban J connectivity index is 1.48. The van der Waals surface area contributed by atoms with Crippen molar-refractivity contribution in [2.24, 2.45) is 11.8 Å². The van der Waals surface area contributed by atoms with E-state index in [4.69, 9.17) is 4.42 Å². The van der Waals surface area contributed by atoms with E-state index in [1.165, 1.54) is 6.42 Å². The molecule has 1 aromatic carbocycles. The van der Waals surface area contributed by atoms with Crippen LogP contribution in [0.3, 0.4) is 0 Å². The highest BCUT2D eigenvalue weighted by molar-refractivity contribution is 6.00. The molecule has 4 atom stereocenters. The van der Waals surface area contributed by atoms with Crippen LogP contribution in [0.5, 0.6) is 0 Å². The molecule has 0 saturated heterocycles. The van der Waals surface area contributed by atoms with Crippen molar-refractivity contribution in [2.75, 3.05) is 6.54 Å². The van der Waals surface area contributed by atoms with Crippen LogP contribution in [0.25, 0.3) is 11.5 Å². The number of aromatic nitrogens is 1. The lowest BCUT2D eigenvalue weighted by Crippen LogP contribution is -2.65. The second-order valence-electron chi connectivity index (χ2n) is 10.5. The molecular formula is C29H35N3O3. The van der Waals surface area contributed by atoms with E-state index in [9.17, 15) is 9.59 Å². The van der Waals surface area contributed by atoms with Crippen LogP contribution >= 0.6 is 0 Å². The molecule has 35 heavy (non-hydrogen) atoms. The lowest BCUT2D eigenvalue weighted by molar-refractivity contribution is -0.134. The Kier molecular flexibility index (Phi) is 6.30. The number of nitrogens with zero attached hydrogens (tertiary/aromatic N) is 2. The quantitative estimate of drug-likeness (QED) is 0.539. The number of carbonyl (C=O) groups excluding carboxylic acids is 2. The first-order valence-corrected chi connectivity index (χ1v) is 12.8. The molecule has 6 heteroatoms. The maximum atomic E-state index is 14.0. The molecule has 5 rings (SSSR count). The van der Waals surface area contributed by atoms with Gasteiger partial charge in [-0.3, -0.25) is 9.59 Å². The van der Waals surface area contributed by atoms with E-state index in [-0.39, 0.29) is 17.9 Å². The van der Waals surface area contributed by atoms with Crippen LogP contribution in [-0.4, -0.2) is 39.4 Å². The summed E-state index contributed by atoms with van der Waals surface area (Å²) >= 11 is 0. The van der Waals surface area contributed by atoms with Gasteiger partial charge in [0.2, 0.25) is 5.91 Å². The Morgan fingerprint density at radius 2 is 1.83 bits per heavy atom. The minimum Gasteiger partial charge on any atom is -0.463 e. The molecule has 3 heterocycles. The Morgan fingerprint density at radius 3 is 2.57 bits per heavy atom. The average Bonchev–Trinajstić information content (AvgIpc) is 3.52. The van der Waals surface area contributed by atoms with E-state index >= 15 is 0 Å². The fourth-order valence-corrected chi connectivity index (χ4v) is 5.76. The number of hydrogen-bond donors (Lipinski definition) is 1. The summed E-state index contributed by atoms with van der Waals surface area (Å²) in [5.41, 5.74) is 1.55. The molecule has 1 N–H and O–H groups in total. The Bertz CT molecular complexity index is 1180. The Hall–Kier alpha value is -3.28. The van der Waals surface area contributed by atoms with Crippen LogP contribution in [-0.2, 0) is 17.8 Å². The predicted octanol–water partition coefficient (Wildman–Crippen LogP) is 5.15. The van der Waals surface area contributed by atoms with E-state index < -0.39 is 5.54 Å². The molecule has 0 spiro atoms. The number of nitrogens with one attached hydrogen (secondary N) is 1. The lowest BCUT2D eigenvalue weighted by atomic mass is 9.77. The molecule has 2 aromatic heterocycles. The summed E-state index contributed by atoms with van der Waals surface area (Å²) < 4.78 is 7.59. The highest BCUT2D eigenvalue weighted by atomic mass is 16.3. The van der Waals surface area contributed by atoms with Gasteiger partial charge in [0.1, 0.15) is 17.0 Å². The number of rotatable bonds is 6. The summed E-state index contributed by atoms with van der Waals surface area (Å²) in [5, 5.41) is 3.37. The zero-order valence-electron chi connectivity index (χ0n) is 20.9. The molecule has 0 unspecified atom stereocenters. The highest BCUT2D eigenvalue weighted by Crippen LogP contribution is 2.35. The fourth-order valence-electron chi connectivity index (χ4n) is 5.76. The van der Waals surface area contributed by atoms with Crippen LogP contribution in [0.4, 0.5) is 0 Å². The topological polar surface area (TPSA) is 67.5 Å². The molecule has 184 valence electrons. The minimum absolute atomic E-state index is 0.0744. The van der Waals surface area contributed by atoms with Gasteiger partial charge < -0.3 is 19.2 Å². The van der Waals surface area contributed by atoms with E-state index in [2.05, 4.69) is 31.3 Å². The van der Waals surface area contributed by atoms with Gasteiger partial charge in [-0.05, 0) is 61.4 Å². The normalized spacial score (nSPS) is 26.4. The molecule has 0 bridgehead atoms. The van der Waals surface area contributed by atoms with Gasteiger partial charge in [-0.15, -0.1) is 0 Å². The van der Waals surface area contributed by atoms with Gasteiger partial charge in [-0.2, -0.15) is 0 Å². The molecule has 1 saturated carbocycles. The molecule has 3 aromatic rings. The average molecular weight is 474 g/mol. The summed E-state index contributed by atoms with van der Waals surface area (Å²) in [6.07, 6.45) is 5.62. The molecule has 1 aliphatic carbocycles. The Labute approximate surface area is 207 Å². The maximum Gasteiger partial charge on any atom is 0.271 e. The van der Waals surface area contributed by atoms with Crippen molar-refractivity contribution >= 4 is 11.8 Å². The SMILES string of the molecule is C[C@@H]1[C@H](C)CCC[C@@H]1NC(=O)[C@@]1(C)Cn2c(ccc2-c2ccco2)C(=O)N1CCc1ccccc1. The smallest absolute Gasteiger partial charge is 0.271 e. The van der Waals surface area contributed by atoms with Gasteiger partial charge in [0.05, 0.1) is 18.5 Å². The molecular weight excluding hydrogens is 438 g/mol. The van der Waals surface area contributed by atoms with Crippen molar-refractivity contribution in [3.63, 3.8) is 0 Å². The van der Waals surface area contributed by atoms with Crippen molar-refractivity contribution in [2.45, 2.75) is 64.6 Å². The summed E-state index contributed by atoms with van der Waals surface area (Å²) in [5.74, 6) is 1.49. The molecule has 2 aliphatic rings. The van der Waals surface area contributed by atoms with Crippen molar-refractivity contribution in [3.8, 4) is 11.5 Å². The van der Waals surface area contributed by atoms with Crippen LogP contribution in [0, 0.1) is 11.8 Å². The standard InChI is InChI=1S/C29H35N3O3/c1-20-9-7-12-23(21(20)2)30-28(34)29(3)19-31-24(26-13-8-18-35-26)14-15-25(31)27(33)32(29)17-16-22-10-5-4-6-11-22/h4-6,8,10-11,13-15,18,20-21,23H,7,9,12,16-17,19H2,1-3H3,(H,30,34)/t20-,21-,23+,29-/m1/s1. The van der Waals surface area contributed by atoms with E-state index in [1.54, 1.807) is 11.2 Å². The van der Waals surface area contributed by atoms with Crippen molar-refractivity contribution < 1.29 is 14.0 Å². The van der Waals surface area contributed by atoms with Crippen LogP contribution < -0.4 is 5.32 Å². The summed E-state index contributed by atoms with van der Waals surface area (Å²) in [6.45, 7) is 7.27. The number of carbonyl (C=O) groups is 2. The van der Waals surface area contributed by atoms with Gasteiger partial charge in [-0.1, -0.05) is 57.0 Å². The van der Waals surface area contributed by atoms with E-state index in [0.717, 1.165) is 24.1 Å². The van der Waals surface area contributed by atoms with Gasteiger partial charge in [0, 0.05) is 12.6 Å². The van der Waals surface area contributed by atoms with Crippen LogP contribution in [0.1, 0.15) is 56.1 Å². The fraction of sp³-hybridized carbons (Fsp3) is 0.448. The summed E-state index contributed by atoms with van der Waals surface area (Å²) in [7, 11) is 0. The van der Waals surface area contributed by atoms with Gasteiger partial charge in [-0.25, -0.2) is 0 Å². The van der Waals surface area contributed by atoms with Gasteiger partial charge in [0.25, 0.3) is 5.91 Å². The maximum absolute atomic E-state index is 14.0. The second-order valence-corrected chi connectivity index (χ2v) is 10.5. The highest BCUT2D eigenvalue weighted by Gasteiger charge is 2.48. The van der Waals surface area contributed by atoms with Crippen LogP contribution in [0.15, 0.2) is 65.3 Å². The lowest BCUT2D eigenvalue weighted by Gasteiger charge is -2.46. The number of fused-ring (bicyclic) bond motifs is 1. The first kappa shape index (κ1) is 23.5. The summed E-state index contributed by atoms with van der Waals surface area (Å²) in [6, 6.07) is 17.7. The third-order valence-electron chi connectivity index (χ3n) is 8.26. The number of hydrogen-bond acceptors (Lipinski definition) is 3. The van der Waals surface area contributed by atoms with Gasteiger partial charge in [0.15, 0.2) is 0 Å². The van der Waals surface area contributed by atoms with Crippen molar-refractivity contribution in [1.82, 2.24) is 14.8 Å². The molecule has 2 amide bonds. The molecule has 6 nitrogen and oxygen atoms in total. The number of amides is 2. The zero-order valence-corrected chi connectivity index (χ0v) is 20.9. The van der Waals surface area contributed by atoms with Crippen molar-refractivity contribution in [1.29, 1.82) is 0 Å². The third kappa shape index (κ3) is 4.30. The first-order valence-electron chi connectivity index (χ1n) is 12.8. The third-order valence-corrected chi connectivity index (χ3v) is 8.26. The first-order chi connectivity index (χ1) is 16.9. The zero-order chi connectivity index (χ0) is 24.6. The van der Waals surface area contributed by atoms with Crippen LogP contribution in [0.2, 0.25) is 0 Å².